The number of nitrogens with one attached hydrogen (secondary N) is 2. The quantitative estimate of drug-likeness (QED) is 0.687. The molecule has 0 atom stereocenters. The van der Waals surface area contributed by atoms with E-state index in [4.69, 9.17) is 4.74 Å². The maximum absolute atomic E-state index is 12.4. The lowest BCUT2D eigenvalue weighted by Gasteiger charge is -2.18. The Morgan fingerprint density at radius 2 is 2.15 bits per heavy atom. The molecule has 1 aromatic heterocycles. The summed E-state index contributed by atoms with van der Waals surface area (Å²) >= 11 is 3.39. The van der Waals surface area contributed by atoms with Gasteiger partial charge in [0.05, 0.1) is 17.6 Å². The van der Waals surface area contributed by atoms with Gasteiger partial charge in [-0.3, -0.25) is 9.59 Å². The van der Waals surface area contributed by atoms with E-state index >= 15 is 0 Å². The molecular weight excluding hydrogens is 402 g/mol. The molecule has 8 nitrogen and oxygen atoms in total. The highest BCUT2D eigenvalue weighted by Crippen LogP contribution is 2.30. The van der Waals surface area contributed by atoms with E-state index in [2.05, 4.69) is 36.9 Å². The van der Waals surface area contributed by atoms with Crippen LogP contribution in [0.15, 0.2) is 53.1 Å². The van der Waals surface area contributed by atoms with Gasteiger partial charge >= 0.3 is 0 Å². The third kappa shape index (κ3) is 3.29. The first-order valence-corrected chi connectivity index (χ1v) is 8.44. The van der Waals surface area contributed by atoms with Crippen LogP contribution in [0.3, 0.4) is 0 Å². The zero-order chi connectivity index (χ0) is 18.1. The van der Waals surface area contributed by atoms with Crippen LogP contribution in [0.25, 0.3) is 5.69 Å². The first-order valence-electron chi connectivity index (χ1n) is 7.65. The van der Waals surface area contributed by atoms with Crippen LogP contribution in [-0.2, 0) is 4.79 Å². The molecule has 1 aliphatic rings. The maximum atomic E-state index is 12.4. The number of anilines is 2. The van der Waals surface area contributed by atoms with Crippen LogP contribution in [0.4, 0.5) is 11.4 Å². The summed E-state index contributed by atoms with van der Waals surface area (Å²) in [5.41, 5.74) is 1.97. The van der Waals surface area contributed by atoms with Gasteiger partial charge in [-0.05, 0) is 36.4 Å². The minimum Gasteiger partial charge on any atom is -0.482 e. The molecule has 4 rings (SSSR count). The summed E-state index contributed by atoms with van der Waals surface area (Å²) in [4.78, 5) is 23.8. The van der Waals surface area contributed by atoms with Crippen molar-refractivity contribution in [2.45, 2.75) is 0 Å². The van der Waals surface area contributed by atoms with Crippen LogP contribution in [0.5, 0.6) is 5.75 Å². The fourth-order valence-corrected chi connectivity index (χ4v) is 2.86. The summed E-state index contributed by atoms with van der Waals surface area (Å²) in [6.07, 6.45) is 1.54. The van der Waals surface area contributed by atoms with Crippen molar-refractivity contribution in [2.75, 3.05) is 17.2 Å². The van der Waals surface area contributed by atoms with Gasteiger partial charge in [-0.2, -0.15) is 0 Å². The molecule has 2 amide bonds. The van der Waals surface area contributed by atoms with Gasteiger partial charge in [0.1, 0.15) is 5.75 Å². The Hall–Kier alpha value is -3.20. The molecule has 2 heterocycles. The topological polar surface area (TPSA) is 98.1 Å². The second kappa shape index (κ2) is 6.60. The average Bonchev–Trinajstić information content (AvgIpc) is 3.12. The minimum atomic E-state index is -0.408. The second-order valence-corrected chi connectivity index (χ2v) is 6.45. The monoisotopic (exact) mass is 413 g/mol. The molecular formula is C17H12BrN5O3. The lowest BCUT2D eigenvalue weighted by Crippen LogP contribution is -2.25. The van der Waals surface area contributed by atoms with E-state index in [0.717, 1.165) is 10.2 Å². The van der Waals surface area contributed by atoms with Gasteiger partial charge in [0.2, 0.25) is 0 Å². The van der Waals surface area contributed by atoms with E-state index in [9.17, 15) is 9.59 Å². The van der Waals surface area contributed by atoms with E-state index in [1.165, 1.54) is 4.68 Å². The maximum Gasteiger partial charge on any atom is 0.277 e. The molecule has 26 heavy (non-hydrogen) atoms. The molecule has 0 bridgehead atoms. The smallest absolute Gasteiger partial charge is 0.277 e. The number of hydrogen-bond acceptors (Lipinski definition) is 5. The number of carbonyl (C=O) groups is 2. The summed E-state index contributed by atoms with van der Waals surface area (Å²) in [7, 11) is 0. The molecule has 0 unspecified atom stereocenters. The standard InChI is InChI=1S/C17H12BrN5O3/c18-10-2-1-3-12(6-10)23-8-14(21-22-23)17(25)19-11-4-5-15-13(7-11)20-16(24)9-26-15/h1-8H,9H2,(H,19,25)(H,20,24). The van der Waals surface area contributed by atoms with Gasteiger partial charge in [-0.1, -0.05) is 27.2 Å². The highest BCUT2D eigenvalue weighted by atomic mass is 79.9. The number of nitrogens with zero attached hydrogens (tertiary/aromatic N) is 3. The van der Waals surface area contributed by atoms with E-state index in [1.54, 1.807) is 24.4 Å². The van der Waals surface area contributed by atoms with Gasteiger partial charge in [0.25, 0.3) is 11.8 Å². The third-order valence-corrected chi connectivity index (χ3v) is 4.16. The zero-order valence-corrected chi connectivity index (χ0v) is 14.9. The summed E-state index contributed by atoms with van der Waals surface area (Å²) in [5, 5.41) is 13.3. The lowest BCUT2D eigenvalue weighted by atomic mass is 10.2. The average molecular weight is 414 g/mol. The third-order valence-electron chi connectivity index (χ3n) is 3.67. The van der Waals surface area contributed by atoms with Crippen LogP contribution in [-0.4, -0.2) is 33.4 Å². The highest BCUT2D eigenvalue weighted by Gasteiger charge is 2.17. The SMILES string of the molecule is O=C1COc2ccc(NC(=O)c3cn(-c4cccc(Br)c4)nn3)cc2N1. The van der Waals surface area contributed by atoms with Crippen LogP contribution >= 0.6 is 15.9 Å². The molecule has 0 spiro atoms. The molecule has 2 aromatic carbocycles. The summed E-state index contributed by atoms with van der Waals surface area (Å²) in [6, 6.07) is 12.5. The number of ether oxygens (including phenoxy) is 1. The fourth-order valence-electron chi connectivity index (χ4n) is 2.47. The van der Waals surface area contributed by atoms with Crippen molar-refractivity contribution >= 4 is 39.1 Å². The van der Waals surface area contributed by atoms with Crippen LogP contribution in [0.2, 0.25) is 0 Å². The summed E-state index contributed by atoms with van der Waals surface area (Å²) in [5.74, 6) is -0.0876. The number of aromatic nitrogens is 3. The van der Waals surface area contributed by atoms with E-state index in [0.29, 0.717) is 17.1 Å². The second-order valence-electron chi connectivity index (χ2n) is 5.53. The van der Waals surface area contributed by atoms with Crippen LogP contribution < -0.4 is 15.4 Å². The molecule has 0 radical (unpaired) electrons. The van der Waals surface area contributed by atoms with Crippen molar-refractivity contribution in [1.82, 2.24) is 15.0 Å². The van der Waals surface area contributed by atoms with Crippen molar-refractivity contribution in [3.63, 3.8) is 0 Å². The Kier molecular flexibility index (Phi) is 4.13. The molecule has 1 aliphatic heterocycles. The van der Waals surface area contributed by atoms with Crippen molar-refractivity contribution in [2.24, 2.45) is 0 Å². The largest absolute Gasteiger partial charge is 0.482 e. The van der Waals surface area contributed by atoms with E-state index < -0.39 is 5.91 Å². The predicted octanol–water partition coefficient (Wildman–Crippen LogP) is 2.61. The minimum absolute atomic E-state index is 0.0165. The molecule has 3 aromatic rings. The number of halogens is 1. The number of amides is 2. The van der Waals surface area contributed by atoms with Crippen LogP contribution in [0, 0.1) is 0 Å². The Balaban J connectivity index is 1.52. The van der Waals surface area contributed by atoms with Crippen LogP contribution in [0.1, 0.15) is 10.5 Å². The number of benzene rings is 2. The Morgan fingerprint density at radius 1 is 1.27 bits per heavy atom. The Labute approximate surface area is 156 Å². The van der Waals surface area contributed by atoms with E-state index in [-0.39, 0.29) is 18.2 Å². The van der Waals surface area contributed by atoms with Gasteiger partial charge in [-0.25, -0.2) is 4.68 Å². The summed E-state index contributed by atoms with van der Waals surface area (Å²) < 4.78 is 7.70. The first kappa shape index (κ1) is 16.3. The Bertz CT molecular complexity index is 1020. The zero-order valence-electron chi connectivity index (χ0n) is 13.3. The van der Waals surface area contributed by atoms with Crippen molar-refractivity contribution in [3.05, 3.63) is 58.8 Å². The Morgan fingerprint density at radius 3 is 3.00 bits per heavy atom. The molecule has 0 saturated carbocycles. The number of rotatable bonds is 3. The highest BCUT2D eigenvalue weighted by molar-refractivity contribution is 9.10. The molecule has 0 fully saturated rings. The van der Waals surface area contributed by atoms with Gasteiger partial charge in [0, 0.05) is 10.2 Å². The van der Waals surface area contributed by atoms with E-state index in [1.807, 2.05) is 24.3 Å². The van der Waals surface area contributed by atoms with Crippen molar-refractivity contribution in [3.8, 4) is 11.4 Å². The van der Waals surface area contributed by atoms with Gasteiger partial charge in [0.15, 0.2) is 12.3 Å². The van der Waals surface area contributed by atoms with Crippen molar-refractivity contribution in [1.29, 1.82) is 0 Å². The molecule has 130 valence electrons. The van der Waals surface area contributed by atoms with Gasteiger partial charge < -0.3 is 15.4 Å². The number of carbonyl (C=O) groups excluding carboxylic acids is 2. The number of fused-ring (bicyclic) bond motifs is 1. The normalized spacial score (nSPS) is 12.7. The van der Waals surface area contributed by atoms with Gasteiger partial charge in [-0.15, -0.1) is 5.10 Å². The molecule has 0 aliphatic carbocycles. The lowest BCUT2D eigenvalue weighted by molar-refractivity contribution is -0.118. The predicted molar refractivity (Wildman–Crippen MR) is 97.6 cm³/mol. The summed E-state index contributed by atoms with van der Waals surface area (Å²) in [6.45, 7) is -0.0165. The fraction of sp³-hybridized carbons (Fsp3) is 0.0588. The molecule has 0 saturated heterocycles. The first-order chi connectivity index (χ1) is 12.6. The number of hydrogen-bond donors (Lipinski definition) is 2. The molecule has 9 heteroatoms. The van der Waals surface area contributed by atoms with Crippen molar-refractivity contribution < 1.29 is 14.3 Å². The molecule has 2 N–H and O–H groups in total.